The molecule has 0 radical (unpaired) electrons. The average Bonchev–Trinajstić information content (AvgIpc) is 2.97. The van der Waals surface area contributed by atoms with Crippen molar-refractivity contribution in [2.45, 2.75) is 84.5 Å². The summed E-state index contributed by atoms with van der Waals surface area (Å²) in [4.78, 5) is 23.1. The molecule has 0 spiro atoms. The van der Waals surface area contributed by atoms with Gasteiger partial charge in [0.1, 0.15) is 0 Å². The number of hydrogen-bond acceptors (Lipinski definition) is 3. The van der Waals surface area contributed by atoms with Crippen molar-refractivity contribution in [2.75, 3.05) is 0 Å². The van der Waals surface area contributed by atoms with E-state index in [0.717, 1.165) is 36.7 Å². The zero-order valence-electron chi connectivity index (χ0n) is 21.0. The minimum absolute atomic E-state index is 0.00538. The van der Waals surface area contributed by atoms with Crippen molar-refractivity contribution in [3.8, 4) is 5.75 Å². The zero-order chi connectivity index (χ0) is 25.5. The lowest BCUT2D eigenvalue weighted by atomic mass is 9.85. The van der Waals surface area contributed by atoms with E-state index in [1.54, 1.807) is 0 Å². The number of rotatable bonds is 5. The highest BCUT2D eigenvalue weighted by atomic mass is 19.4. The van der Waals surface area contributed by atoms with Crippen molar-refractivity contribution >= 4 is 5.91 Å². The van der Waals surface area contributed by atoms with Crippen LogP contribution in [0.5, 0.6) is 5.75 Å². The number of aromatic nitrogens is 2. The molecule has 9 heteroatoms. The third-order valence-electron chi connectivity index (χ3n) is 5.89. The van der Waals surface area contributed by atoms with Crippen LogP contribution in [0.25, 0.3) is 0 Å². The molecule has 0 saturated heterocycles. The summed E-state index contributed by atoms with van der Waals surface area (Å²) in [6, 6.07) is 4.69. The number of carbonyl (C=O) groups is 1. The van der Waals surface area contributed by atoms with Crippen molar-refractivity contribution in [3.63, 3.8) is 0 Å². The minimum Gasteiger partial charge on any atom is -0.407 e. The number of hydrogen-bond donors (Lipinski definition) is 1. The van der Waals surface area contributed by atoms with E-state index in [2.05, 4.69) is 31.2 Å². The Morgan fingerprint density at radius 2 is 1.76 bits per heavy atom. The van der Waals surface area contributed by atoms with Crippen LogP contribution in [0.15, 0.2) is 29.3 Å². The summed E-state index contributed by atoms with van der Waals surface area (Å²) in [5.41, 5.74) is 2.31. The van der Waals surface area contributed by atoms with Gasteiger partial charge in [-0.05, 0) is 57.7 Å². The van der Waals surface area contributed by atoms with Gasteiger partial charge in [0.05, 0.1) is 11.1 Å². The number of benzene rings is 1. The molecule has 1 aliphatic rings. The Balaban J connectivity index is 2.10. The maximum absolute atomic E-state index is 13.4. The number of hydroxylamine groups is 1. The van der Waals surface area contributed by atoms with E-state index in [0.29, 0.717) is 18.0 Å². The Labute approximate surface area is 198 Å². The molecule has 0 atom stereocenters. The lowest BCUT2D eigenvalue weighted by Crippen LogP contribution is -2.38. The molecule has 1 fully saturated rings. The third kappa shape index (κ3) is 6.11. The number of nitrogens with zero attached hydrogens (tertiary/aromatic N) is 3. The second-order valence-corrected chi connectivity index (χ2v) is 11.1. The molecule has 1 aromatic carbocycles. The van der Waals surface area contributed by atoms with Crippen LogP contribution in [0.1, 0.15) is 82.4 Å². The van der Waals surface area contributed by atoms with Gasteiger partial charge in [0.25, 0.3) is 5.91 Å². The highest BCUT2D eigenvalue weighted by Gasteiger charge is 2.32. The Kier molecular flexibility index (Phi) is 7.09. The Morgan fingerprint density at radius 1 is 1.12 bits per heavy atom. The zero-order valence-corrected chi connectivity index (χ0v) is 21.0. The SMILES string of the molecule is Cn1c(C(C)(C)C)cc(=NC(=O)c2cc(C(F)(F)F)ccc2ONC(C)(C)C)n1CC1CCC1. The molecule has 2 aromatic rings. The number of carbonyl (C=O) groups excluding carboxylic acids is 1. The smallest absolute Gasteiger partial charge is 0.407 e. The molecule has 34 heavy (non-hydrogen) atoms. The summed E-state index contributed by atoms with van der Waals surface area (Å²) in [6.45, 7) is 12.4. The van der Waals surface area contributed by atoms with Gasteiger partial charge in [0, 0.05) is 36.3 Å². The summed E-state index contributed by atoms with van der Waals surface area (Å²) in [7, 11) is 1.93. The normalized spacial score (nSPS) is 16.0. The fourth-order valence-electron chi connectivity index (χ4n) is 3.84. The molecule has 0 aliphatic heterocycles. The Hall–Kier alpha value is -2.55. The fourth-order valence-corrected chi connectivity index (χ4v) is 3.84. The van der Waals surface area contributed by atoms with Crippen LogP contribution in [-0.2, 0) is 25.2 Å². The fraction of sp³-hybridized carbons (Fsp3) is 0.600. The van der Waals surface area contributed by atoms with E-state index in [1.165, 1.54) is 6.42 Å². The molecule has 1 aromatic heterocycles. The minimum atomic E-state index is -4.60. The average molecular weight is 481 g/mol. The second kappa shape index (κ2) is 9.24. The molecule has 0 bridgehead atoms. The van der Waals surface area contributed by atoms with Crippen molar-refractivity contribution < 1.29 is 22.8 Å². The summed E-state index contributed by atoms with van der Waals surface area (Å²) in [6.07, 6.45) is -1.19. The molecule has 1 saturated carbocycles. The molecular formula is C25H35F3N4O2. The lowest BCUT2D eigenvalue weighted by molar-refractivity contribution is -0.137. The van der Waals surface area contributed by atoms with Crippen LogP contribution in [0.2, 0.25) is 0 Å². The van der Waals surface area contributed by atoms with Crippen LogP contribution < -0.4 is 15.8 Å². The van der Waals surface area contributed by atoms with Gasteiger partial charge >= 0.3 is 6.18 Å². The molecule has 6 nitrogen and oxygen atoms in total. The molecule has 1 heterocycles. The summed E-state index contributed by atoms with van der Waals surface area (Å²) >= 11 is 0. The van der Waals surface area contributed by atoms with Gasteiger partial charge in [-0.1, -0.05) is 27.2 Å². The van der Waals surface area contributed by atoms with E-state index < -0.39 is 23.2 Å². The van der Waals surface area contributed by atoms with Gasteiger partial charge in [-0.25, -0.2) is 0 Å². The van der Waals surface area contributed by atoms with Crippen molar-refractivity contribution in [1.82, 2.24) is 14.8 Å². The predicted molar refractivity (Wildman–Crippen MR) is 124 cm³/mol. The number of amides is 1. The molecule has 1 amide bonds. The molecule has 1 aliphatic carbocycles. The first-order chi connectivity index (χ1) is 15.6. The quantitative estimate of drug-likeness (QED) is 0.586. The maximum Gasteiger partial charge on any atom is 0.416 e. The summed E-state index contributed by atoms with van der Waals surface area (Å²) < 4.78 is 44.1. The van der Waals surface area contributed by atoms with Crippen LogP contribution in [-0.4, -0.2) is 20.8 Å². The van der Waals surface area contributed by atoms with E-state index >= 15 is 0 Å². The molecule has 1 N–H and O–H groups in total. The highest BCUT2D eigenvalue weighted by molar-refractivity contribution is 5.97. The van der Waals surface area contributed by atoms with Gasteiger partial charge in [-0.3, -0.25) is 14.2 Å². The van der Waals surface area contributed by atoms with Crippen LogP contribution in [0.3, 0.4) is 0 Å². The van der Waals surface area contributed by atoms with Crippen molar-refractivity contribution in [3.05, 3.63) is 46.6 Å². The Bertz CT molecular complexity index is 1110. The first kappa shape index (κ1) is 26.1. The van der Waals surface area contributed by atoms with Crippen molar-refractivity contribution in [2.24, 2.45) is 18.0 Å². The first-order valence-electron chi connectivity index (χ1n) is 11.6. The molecule has 3 rings (SSSR count). The van der Waals surface area contributed by atoms with E-state index in [-0.39, 0.29) is 16.7 Å². The number of nitrogens with one attached hydrogen (secondary N) is 1. The van der Waals surface area contributed by atoms with E-state index in [9.17, 15) is 18.0 Å². The standard InChI is InChI=1S/C25H35F3N4O2/c1-23(2,3)20-14-21(32(31(20)7)15-16-9-8-10-16)29-22(33)18-13-17(25(26,27)28)11-12-19(18)34-30-24(4,5)6/h11-14,16,30H,8-10,15H2,1-7H3. The van der Waals surface area contributed by atoms with Gasteiger partial charge in [0.15, 0.2) is 11.2 Å². The van der Waals surface area contributed by atoms with Gasteiger partial charge in [-0.2, -0.15) is 23.6 Å². The largest absolute Gasteiger partial charge is 0.416 e. The third-order valence-corrected chi connectivity index (χ3v) is 5.89. The van der Waals surface area contributed by atoms with Crippen molar-refractivity contribution in [1.29, 1.82) is 0 Å². The second-order valence-electron chi connectivity index (χ2n) is 11.1. The molecule has 188 valence electrons. The number of halogens is 3. The van der Waals surface area contributed by atoms with E-state index in [1.807, 2.05) is 43.2 Å². The topological polar surface area (TPSA) is 60.6 Å². The Morgan fingerprint density at radius 3 is 2.26 bits per heavy atom. The first-order valence-corrected chi connectivity index (χ1v) is 11.6. The molecular weight excluding hydrogens is 445 g/mol. The predicted octanol–water partition coefficient (Wildman–Crippen LogP) is 5.37. The van der Waals surface area contributed by atoms with Gasteiger partial charge < -0.3 is 4.84 Å². The van der Waals surface area contributed by atoms with E-state index in [4.69, 9.17) is 4.84 Å². The van der Waals surface area contributed by atoms with Crippen LogP contribution >= 0.6 is 0 Å². The van der Waals surface area contributed by atoms with Crippen LogP contribution in [0, 0.1) is 5.92 Å². The number of alkyl halides is 3. The monoisotopic (exact) mass is 480 g/mol. The molecule has 0 unspecified atom stereocenters. The van der Waals surface area contributed by atoms with Crippen LogP contribution in [0.4, 0.5) is 13.2 Å². The maximum atomic E-state index is 13.4. The van der Waals surface area contributed by atoms with Gasteiger partial charge in [-0.15, -0.1) is 0 Å². The lowest BCUT2D eigenvalue weighted by Gasteiger charge is -2.27. The summed E-state index contributed by atoms with van der Waals surface area (Å²) in [5, 5.41) is 0. The summed E-state index contributed by atoms with van der Waals surface area (Å²) in [5.74, 6) is -0.293. The van der Waals surface area contributed by atoms with Gasteiger partial charge in [0.2, 0.25) is 0 Å². The highest BCUT2D eigenvalue weighted by Crippen LogP contribution is 2.33.